The number of rotatable bonds is 1. The van der Waals surface area contributed by atoms with Crippen LogP contribution in [0.1, 0.15) is 20.8 Å². The zero-order valence-corrected chi connectivity index (χ0v) is 12.8. The molecule has 7 heteroatoms. The standard InChI is InChI=1S/C12H16BrNO5/c1-12(2,3)19-11(17)14-8-5(7(13)9(14)15)6(8)10(16)18-4/h5-8H,1-4H3/t5-,6-,7+,8+/m1/s1. The smallest absolute Gasteiger partial charge is 0.417 e. The van der Waals surface area contributed by atoms with E-state index in [2.05, 4.69) is 20.7 Å². The van der Waals surface area contributed by atoms with Crippen LogP contribution in [0.5, 0.6) is 0 Å². The van der Waals surface area contributed by atoms with E-state index in [1.807, 2.05) is 0 Å². The summed E-state index contributed by atoms with van der Waals surface area (Å²) in [7, 11) is 1.29. The molecule has 2 fully saturated rings. The average Bonchev–Trinajstić information content (AvgIpc) is 2.93. The molecule has 1 saturated heterocycles. The molecule has 2 amide bonds. The summed E-state index contributed by atoms with van der Waals surface area (Å²) < 4.78 is 9.87. The number of likely N-dealkylation sites (tertiary alicyclic amines) is 1. The van der Waals surface area contributed by atoms with Gasteiger partial charge in [-0.2, -0.15) is 0 Å². The highest BCUT2D eigenvalue weighted by atomic mass is 79.9. The topological polar surface area (TPSA) is 72.9 Å². The molecule has 0 radical (unpaired) electrons. The maximum Gasteiger partial charge on any atom is 0.417 e. The Morgan fingerprint density at radius 2 is 1.89 bits per heavy atom. The van der Waals surface area contributed by atoms with Gasteiger partial charge in [0.25, 0.3) is 0 Å². The lowest BCUT2D eigenvalue weighted by Crippen LogP contribution is -2.43. The fraction of sp³-hybridized carbons (Fsp3) is 0.750. The molecular weight excluding hydrogens is 318 g/mol. The van der Waals surface area contributed by atoms with Crippen LogP contribution in [0.3, 0.4) is 0 Å². The SMILES string of the molecule is COC(=O)[C@@H]1[C@H]2[C@@H]1N(C(=O)OC(C)(C)C)C(=O)[C@H]2Br. The number of esters is 1. The van der Waals surface area contributed by atoms with E-state index in [0.717, 1.165) is 4.90 Å². The number of hydrogen-bond donors (Lipinski definition) is 0. The van der Waals surface area contributed by atoms with Gasteiger partial charge in [0.15, 0.2) is 0 Å². The maximum atomic E-state index is 12.0. The van der Waals surface area contributed by atoms with E-state index in [4.69, 9.17) is 4.74 Å². The number of amides is 2. The third-order valence-corrected chi connectivity index (χ3v) is 4.21. The molecule has 106 valence electrons. The van der Waals surface area contributed by atoms with Crippen LogP contribution in [0, 0.1) is 11.8 Å². The Balaban J connectivity index is 2.15. The summed E-state index contributed by atoms with van der Waals surface area (Å²) in [6, 6.07) is -0.445. The normalized spacial score (nSPS) is 32.9. The molecule has 6 nitrogen and oxygen atoms in total. The van der Waals surface area contributed by atoms with Crippen molar-refractivity contribution in [3.05, 3.63) is 0 Å². The van der Waals surface area contributed by atoms with Gasteiger partial charge in [0, 0.05) is 5.92 Å². The first kappa shape index (κ1) is 14.3. The highest BCUT2D eigenvalue weighted by molar-refractivity contribution is 9.10. The molecule has 19 heavy (non-hydrogen) atoms. The van der Waals surface area contributed by atoms with Crippen LogP contribution in [0.4, 0.5) is 4.79 Å². The van der Waals surface area contributed by atoms with Gasteiger partial charge in [-0.1, -0.05) is 15.9 Å². The fourth-order valence-corrected chi connectivity index (χ4v) is 3.27. The van der Waals surface area contributed by atoms with E-state index in [9.17, 15) is 14.4 Å². The Kier molecular flexibility index (Phi) is 3.36. The summed E-state index contributed by atoms with van der Waals surface area (Å²) in [5.74, 6) is -1.42. The molecule has 0 bridgehead atoms. The number of fused-ring (bicyclic) bond motifs is 1. The average molecular weight is 334 g/mol. The second-order valence-electron chi connectivity index (χ2n) is 5.71. The predicted molar refractivity (Wildman–Crippen MR) is 68.6 cm³/mol. The van der Waals surface area contributed by atoms with Crippen LogP contribution < -0.4 is 0 Å². The third kappa shape index (κ3) is 2.35. The van der Waals surface area contributed by atoms with Crippen molar-refractivity contribution in [2.24, 2.45) is 11.8 Å². The zero-order valence-electron chi connectivity index (χ0n) is 11.2. The number of piperidine rings is 1. The van der Waals surface area contributed by atoms with Crippen LogP contribution in [-0.4, -0.2) is 46.4 Å². The Morgan fingerprint density at radius 1 is 1.32 bits per heavy atom. The van der Waals surface area contributed by atoms with Crippen molar-refractivity contribution in [1.29, 1.82) is 0 Å². The zero-order chi connectivity index (χ0) is 14.5. The van der Waals surface area contributed by atoms with Gasteiger partial charge >= 0.3 is 12.1 Å². The molecule has 0 N–H and O–H groups in total. The molecule has 1 saturated carbocycles. The minimum Gasteiger partial charge on any atom is -0.469 e. The van der Waals surface area contributed by atoms with Crippen molar-refractivity contribution in [1.82, 2.24) is 4.90 Å². The highest BCUT2D eigenvalue weighted by Gasteiger charge is 2.71. The Bertz CT molecular complexity index is 444. The van der Waals surface area contributed by atoms with Crippen molar-refractivity contribution < 1.29 is 23.9 Å². The Labute approximate surface area is 119 Å². The fourth-order valence-electron chi connectivity index (χ4n) is 2.41. The van der Waals surface area contributed by atoms with E-state index in [-0.39, 0.29) is 11.8 Å². The van der Waals surface area contributed by atoms with Crippen LogP contribution in [-0.2, 0) is 19.1 Å². The second-order valence-corrected chi connectivity index (χ2v) is 6.69. The molecule has 2 aliphatic rings. The summed E-state index contributed by atoms with van der Waals surface area (Å²) >= 11 is 3.23. The molecule has 2 rings (SSSR count). The van der Waals surface area contributed by atoms with Gasteiger partial charge in [0.05, 0.1) is 23.9 Å². The van der Waals surface area contributed by atoms with Crippen molar-refractivity contribution in [3.8, 4) is 0 Å². The van der Waals surface area contributed by atoms with Gasteiger partial charge < -0.3 is 9.47 Å². The molecule has 0 aromatic heterocycles. The number of hydrogen-bond acceptors (Lipinski definition) is 5. The number of alkyl halides is 1. The third-order valence-electron chi connectivity index (χ3n) is 3.21. The molecular formula is C12H16BrNO5. The van der Waals surface area contributed by atoms with E-state index in [0.29, 0.717) is 0 Å². The van der Waals surface area contributed by atoms with E-state index in [1.54, 1.807) is 20.8 Å². The van der Waals surface area contributed by atoms with Gasteiger partial charge in [-0.3, -0.25) is 9.59 Å². The minimum absolute atomic E-state index is 0.215. The van der Waals surface area contributed by atoms with E-state index in [1.165, 1.54) is 7.11 Å². The summed E-state index contributed by atoms with van der Waals surface area (Å²) in [6.45, 7) is 5.16. The first-order valence-corrected chi connectivity index (χ1v) is 6.88. The lowest BCUT2D eigenvalue weighted by molar-refractivity contribution is -0.143. The van der Waals surface area contributed by atoms with Gasteiger partial charge in [0.2, 0.25) is 5.91 Å². The molecule has 0 spiro atoms. The molecule has 0 aromatic rings. The summed E-state index contributed by atoms with van der Waals surface area (Å²) in [5.41, 5.74) is -0.688. The lowest BCUT2D eigenvalue weighted by Gasteiger charge is -2.25. The summed E-state index contributed by atoms with van der Waals surface area (Å²) in [4.78, 5) is 36.0. The van der Waals surface area contributed by atoms with Crippen LogP contribution >= 0.6 is 15.9 Å². The number of ether oxygens (including phenoxy) is 2. The Morgan fingerprint density at radius 3 is 2.37 bits per heavy atom. The number of nitrogens with zero attached hydrogens (tertiary/aromatic N) is 1. The van der Waals surface area contributed by atoms with Crippen LogP contribution in [0.15, 0.2) is 0 Å². The first-order valence-electron chi connectivity index (χ1n) is 5.97. The van der Waals surface area contributed by atoms with E-state index < -0.39 is 34.5 Å². The van der Waals surface area contributed by atoms with Gasteiger partial charge in [-0.25, -0.2) is 9.69 Å². The van der Waals surface area contributed by atoms with Gasteiger partial charge in [-0.05, 0) is 20.8 Å². The number of carbonyl (C=O) groups excluding carboxylic acids is 3. The van der Waals surface area contributed by atoms with Gasteiger partial charge in [0.1, 0.15) is 5.60 Å². The van der Waals surface area contributed by atoms with Gasteiger partial charge in [-0.15, -0.1) is 0 Å². The monoisotopic (exact) mass is 333 g/mol. The van der Waals surface area contributed by atoms with Crippen molar-refractivity contribution in [3.63, 3.8) is 0 Å². The second kappa shape index (κ2) is 4.47. The van der Waals surface area contributed by atoms with E-state index >= 15 is 0 Å². The molecule has 0 unspecified atom stereocenters. The van der Waals surface area contributed by atoms with Crippen molar-refractivity contribution >= 4 is 33.9 Å². The highest BCUT2D eigenvalue weighted by Crippen LogP contribution is 2.54. The number of imide groups is 1. The van der Waals surface area contributed by atoms with Crippen LogP contribution in [0.25, 0.3) is 0 Å². The van der Waals surface area contributed by atoms with Crippen LogP contribution in [0.2, 0.25) is 0 Å². The van der Waals surface area contributed by atoms with Crippen molar-refractivity contribution in [2.45, 2.75) is 37.2 Å². The number of carbonyl (C=O) groups is 3. The predicted octanol–water partition coefficient (Wildman–Crippen LogP) is 1.31. The molecule has 1 heterocycles. The van der Waals surface area contributed by atoms with Crippen molar-refractivity contribution in [2.75, 3.05) is 7.11 Å². The maximum absolute atomic E-state index is 12.0. The Hall–Kier alpha value is -1.11. The summed E-state index contributed by atoms with van der Waals surface area (Å²) in [5, 5.41) is 0. The molecule has 0 aromatic carbocycles. The summed E-state index contributed by atoms with van der Waals surface area (Å²) in [6.07, 6.45) is -0.708. The number of halogens is 1. The largest absolute Gasteiger partial charge is 0.469 e. The quantitative estimate of drug-likeness (QED) is 0.534. The minimum atomic E-state index is -0.708. The molecule has 4 atom stereocenters. The molecule has 1 aliphatic heterocycles. The lowest BCUT2D eigenvalue weighted by atomic mass is 10.2. The first-order chi connectivity index (χ1) is 8.69. The molecule has 1 aliphatic carbocycles. The number of methoxy groups -OCH3 is 1.